The lowest BCUT2D eigenvalue weighted by molar-refractivity contribution is -0.121. The van der Waals surface area contributed by atoms with Crippen LogP contribution in [0.1, 0.15) is 22.0 Å². The van der Waals surface area contributed by atoms with Gasteiger partial charge in [0.2, 0.25) is 11.8 Å². The minimum absolute atomic E-state index is 0.0642. The Morgan fingerprint density at radius 3 is 2.09 bits per heavy atom. The molecule has 0 radical (unpaired) electrons. The second-order valence-corrected chi connectivity index (χ2v) is 7.97. The summed E-state index contributed by atoms with van der Waals surface area (Å²) in [6.45, 7) is 3.00. The van der Waals surface area contributed by atoms with Gasteiger partial charge in [-0.05, 0) is 54.1 Å². The lowest BCUT2D eigenvalue weighted by atomic mass is 10.0. The molecule has 3 aromatic rings. The average molecular weight is 445 g/mol. The Balaban J connectivity index is 1.47. The normalized spacial score (nSPS) is 15.0. The van der Waals surface area contributed by atoms with Crippen molar-refractivity contribution in [3.05, 3.63) is 90.0 Å². The molecule has 1 saturated heterocycles. The smallest absolute Gasteiger partial charge is 0.248 e. The topological polar surface area (TPSA) is 87.9 Å². The standard InChI is InChI=1S/C26H28N4O3/c1-33-23-13-9-21(10-14-23)28-26(32)24(19-5-3-2-4-6-19)30-17-15-29(16-18-30)22-11-7-20(8-12-22)25(27)31/h2-14,24H,15-18H2,1H3,(H2,27,31)(H,28,32). The largest absolute Gasteiger partial charge is 0.497 e. The lowest BCUT2D eigenvalue weighted by Gasteiger charge is -2.39. The SMILES string of the molecule is COc1ccc(NC(=O)C(c2ccccc2)N2CCN(c3ccc(C(N)=O)cc3)CC2)cc1. The number of hydrogen-bond acceptors (Lipinski definition) is 5. The molecule has 0 bridgehead atoms. The van der Waals surface area contributed by atoms with E-state index in [0.717, 1.165) is 48.9 Å². The number of nitrogens with one attached hydrogen (secondary N) is 1. The van der Waals surface area contributed by atoms with Crippen LogP contribution in [0.15, 0.2) is 78.9 Å². The number of nitrogens with zero attached hydrogens (tertiary/aromatic N) is 2. The maximum Gasteiger partial charge on any atom is 0.248 e. The predicted octanol–water partition coefficient (Wildman–Crippen LogP) is 3.30. The average Bonchev–Trinajstić information content (AvgIpc) is 2.86. The van der Waals surface area contributed by atoms with Crippen LogP contribution in [0.3, 0.4) is 0 Å². The first-order chi connectivity index (χ1) is 16.0. The molecule has 1 unspecified atom stereocenters. The molecule has 1 atom stereocenters. The Hall–Kier alpha value is -3.84. The van der Waals surface area contributed by atoms with E-state index in [-0.39, 0.29) is 5.91 Å². The van der Waals surface area contributed by atoms with Crippen LogP contribution >= 0.6 is 0 Å². The van der Waals surface area contributed by atoms with Gasteiger partial charge in [0.15, 0.2) is 0 Å². The maximum absolute atomic E-state index is 13.4. The van der Waals surface area contributed by atoms with E-state index in [1.807, 2.05) is 66.7 Å². The van der Waals surface area contributed by atoms with Crippen molar-refractivity contribution in [3.63, 3.8) is 0 Å². The van der Waals surface area contributed by atoms with Gasteiger partial charge in [-0.3, -0.25) is 14.5 Å². The van der Waals surface area contributed by atoms with Crippen LogP contribution in [0, 0.1) is 0 Å². The first-order valence-electron chi connectivity index (χ1n) is 10.9. The van der Waals surface area contributed by atoms with E-state index in [4.69, 9.17) is 10.5 Å². The summed E-state index contributed by atoms with van der Waals surface area (Å²) < 4.78 is 5.20. The molecule has 170 valence electrons. The Morgan fingerprint density at radius 1 is 0.879 bits per heavy atom. The van der Waals surface area contributed by atoms with Gasteiger partial charge in [-0.1, -0.05) is 30.3 Å². The molecule has 1 aliphatic heterocycles. The molecular formula is C26H28N4O3. The summed E-state index contributed by atoms with van der Waals surface area (Å²) in [7, 11) is 1.62. The zero-order chi connectivity index (χ0) is 23.2. The number of methoxy groups -OCH3 is 1. The van der Waals surface area contributed by atoms with Gasteiger partial charge in [0, 0.05) is 43.1 Å². The minimum atomic E-state index is -0.431. The van der Waals surface area contributed by atoms with Crippen molar-refractivity contribution in [1.82, 2.24) is 4.90 Å². The number of piperazine rings is 1. The number of hydrogen-bond donors (Lipinski definition) is 2. The van der Waals surface area contributed by atoms with Crippen molar-refractivity contribution in [3.8, 4) is 5.75 Å². The van der Waals surface area contributed by atoms with Crippen LogP contribution in [-0.2, 0) is 4.79 Å². The number of rotatable bonds is 7. The Morgan fingerprint density at radius 2 is 1.52 bits per heavy atom. The van der Waals surface area contributed by atoms with Crippen molar-refractivity contribution >= 4 is 23.2 Å². The van der Waals surface area contributed by atoms with Crippen molar-refractivity contribution in [2.45, 2.75) is 6.04 Å². The maximum atomic E-state index is 13.4. The lowest BCUT2D eigenvalue weighted by Crippen LogP contribution is -2.50. The van der Waals surface area contributed by atoms with E-state index >= 15 is 0 Å². The molecule has 0 saturated carbocycles. The summed E-state index contributed by atoms with van der Waals surface area (Å²) in [6.07, 6.45) is 0. The summed E-state index contributed by atoms with van der Waals surface area (Å²) in [6, 6.07) is 24.1. The summed E-state index contributed by atoms with van der Waals surface area (Å²) in [5.41, 5.74) is 8.57. The highest BCUT2D eigenvalue weighted by Gasteiger charge is 2.30. The fraction of sp³-hybridized carbons (Fsp3) is 0.231. The number of ether oxygens (including phenoxy) is 1. The van der Waals surface area contributed by atoms with Gasteiger partial charge in [0.1, 0.15) is 11.8 Å². The highest BCUT2D eigenvalue weighted by atomic mass is 16.5. The zero-order valence-electron chi connectivity index (χ0n) is 18.6. The quantitative estimate of drug-likeness (QED) is 0.584. The highest BCUT2D eigenvalue weighted by Crippen LogP contribution is 2.26. The van der Waals surface area contributed by atoms with Gasteiger partial charge >= 0.3 is 0 Å². The first kappa shape index (κ1) is 22.4. The molecule has 3 aromatic carbocycles. The Bertz CT molecular complexity index is 1080. The highest BCUT2D eigenvalue weighted by molar-refractivity contribution is 5.95. The fourth-order valence-corrected chi connectivity index (χ4v) is 4.12. The number of anilines is 2. The predicted molar refractivity (Wildman–Crippen MR) is 130 cm³/mol. The van der Waals surface area contributed by atoms with Gasteiger partial charge in [-0.2, -0.15) is 0 Å². The molecule has 7 heteroatoms. The second-order valence-electron chi connectivity index (χ2n) is 7.97. The van der Waals surface area contributed by atoms with E-state index in [9.17, 15) is 9.59 Å². The van der Waals surface area contributed by atoms with Crippen molar-refractivity contribution in [2.24, 2.45) is 5.73 Å². The Labute approximate surface area is 193 Å². The molecule has 0 spiro atoms. The molecular weight excluding hydrogens is 416 g/mol. The van der Waals surface area contributed by atoms with Crippen LogP contribution in [0.5, 0.6) is 5.75 Å². The molecule has 7 nitrogen and oxygen atoms in total. The number of primary amides is 1. The molecule has 2 amide bonds. The molecule has 0 aliphatic carbocycles. The van der Waals surface area contributed by atoms with Gasteiger partial charge in [-0.15, -0.1) is 0 Å². The molecule has 3 N–H and O–H groups in total. The number of carbonyl (C=O) groups is 2. The minimum Gasteiger partial charge on any atom is -0.497 e. The van der Waals surface area contributed by atoms with Crippen molar-refractivity contribution in [1.29, 1.82) is 0 Å². The fourth-order valence-electron chi connectivity index (χ4n) is 4.12. The molecule has 0 aromatic heterocycles. The van der Waals surface area contributed by atoms with E-state index in [0.29, 0.717) is 5.56 Å². The van der Waals surface area contributed by atoms with Gasteiger partial charge in [0.25, 0.3) is 0 Å². The van der Waals surface area contributed by atoms with Gasteiger partial charge in [-0.25, -0.2) is 0 Å². The molecule has 1 fully saturated rings. The molecule has 1 aliphatic rings. The van der Waals surface area contributed by atoms with E-state index in [2.05, 4.69) is 15.1 Å². The zero-order valence-corrected chi connectivity index (χ0v) is 18.6. The van der Waals surface area contributed by atoms with Crippen LogP contribution in [0.25, 0.3) is 0 Å². The third-order valence-electron chi connectivity index (χ3n) is 5.92. The third-order valence-corrected chi connectivity index (χ3v) is 5.92. The van der Waals surface area contributed by atoms with Crippen LogP contribution in [-0.4, -0.2) is 50.0 Å². The van der Waals surface area contributed by atoms with Crippen LogP contribution < -0.4 is 20.7 Å². The van der Waals surface area contributed by atoms with Crippen LogP contribution in [0.2, 0.25) is 0 Å². The molecule has 1 heterocycles. The third kappa shape index (κ3) is 5.32. The summed E-state index contributed by atoms with van der Waals surface area (Å²) >= 11 is 0. The number of nitrogens with two attached hydrogens (primary N) is 1. The van der Waals surface area contributed by atoms with Crippen molar-refractivity contribution in [2.75, 3.05) is 43.5 Å². The van der Waals surface area contributed by atoms with Crippen LogP contribution in [0.4, 0.5) is 11.4 Å². The summed E-state index contributed by atoms with van der Waals surface area (Å²) in [5.74, 6) is 0.248. The Kier molecular flexibility index (Phi) is 6.90. The summed E-state index contributed by atoms with van der Waals surface area (Å²) in [5, 5.41) is 3.06. The number of carbonyl (C=O) groups excluding carboxylic acids is 2. The monoisotopic (exact) mass is 444 g/mol. The summed E-state index contributed by atoms with van der Waals surface area (Å²) in [4.78, 5) is 29.2. The van der Waals surface area contributed by atoms with Crippen molar-refractivity contribution < 1.29 is 14.3 Å². The van der Waals surface area contributed by atoms with E-state index in [1.165, 1.54) is 0 Å². The molecule has 33 heavy (non-hydrogen) atoms. The second kappa shape index (κ2) is 10.2. The first-order valence-corrected chi connectivity index (χ1v) is 10.9. The van der Waals surface area contributed by atoms with E-state index < -0.39 is 11.9 Å². The number of benzene rings is 3. The molecule has 4 rings (SSSR count). The van der Waals surface area contributed by atoms with E-state index in [1.54, 1.807) is 19.2 Å². The van der Waals surface area contributed by atoms with Gasteiger partial charge < -0.3 is 20.7 Å². The van der Waals surface area contributed by atoms with Gasteiger partial charge in [0.05, 0.1) is 7.11 Å². The number of amides is 2.